The maximum absolute atomic E-state index is 12.6. The highest BCUT2D eigenvalue weighted by Gasteiger charge is 2.29. The van der Waals surface area contributed by atoms with Crippen LogP contribution in [0.3, 0.4) is 0 Å². The van der Waals surface area contributed by atoms with E-state index in [9.17, 15) is 9.59 Å². The van der Waals surface area contributed by atoms with Gasteiger partial charge in [0.1, 0.15) is 0 Å². The highest BCUT2D eigenvalue weighted by atomic mass is 16.2. The Hall–Kier alpha value is -2.66. The molecule has 2 amide bonds. The topological polar surface area (TPSA) is 61.4 Å². The molecule has 1 saturated carbocycles. The fourth-order valence-corrected chi connectivity index (χ4v) is 2.96. The lowest BCUT2D eigenvalue weighted by atomic mass is 10.0. The Morgan fingerprint density at radius 1 is 1.07 bits per heavy atom. The Bertz CT molecular complexity index is 785. The Balaban J connectivity index is 1.57. The molecule has 0 saturated heterocycles. The molecule has 0 radical (unpaired) electrons. The van der Waals surface area contributed by atoms with Crippen LogP contribution in [0.5, 0.6) is 0 Å². The predicted molar refractivity (Wildman–Crippen MR) is 108 cm³/mol. The van der Waals surface area contributed by atoms with Gasteiger partial charge < -0.3 is 15.5 Å². The first kappa shape index (κ1) is 19.1. The SMILES string of the molecule is CN(C)C(CNC(=O)c1cccc(NC(=O)C2CC2)c1)Cc1ccccc1. The first-order valence-corrected chi connectivity index (χ1v) is 9.42. The average Bonchev–Trinajstić information content (AvgIpc) is 3.51. The number of benzene rings is 2. The minimum Gasteiger partial charge on any atom is -0.350 e. The fraction of sp³-hybridized carbons (Fsp3) is 0.364. The third-order valence-corrected chi connectivity index (χ3v) is 4.88. The highest BCUT2D eigenvalue weighted by molar-refractivity contribution is 5.98. The van der Waals surface area contributed by atoms with Crippen LogP contribution < -0.4 is 10.6 Å². The smallest absolute Gasteiger partial charge is 0.251 e. The Kier molecular flexibility index (Phi) is 6.24. The average molecular weight is 365 g/mol. The lowest BCUT2D eigenvalue weighted by molar-refractivity contribution is -0.117. The van der Waals surface area contributed by atoms with Gasteiger partial charge in [-0.05, 0) is 57.1 Å². The second-order valence-corrected chi connectivity index (χ2v) is 7.36. The maximum Gasteiger partial charge on any atom is 0.251 e. The van der Waals surface area contributed by atoms with Crippen LogP contribution in [0.15, 0.2) is 54.6 Å². The van der Waals surface area contributed by atoms with Gasteiger partial charge >= 0.3 is 0 Å². The van der Waals surface area contributed by atoms with Gasteiger partial charge in [-0.25, -0.2) is 0 Å². The summed E-state index contributed by atoms with van der Waals surface area (Å²) in [6.07, 6.45) is 2.78. The number of hydrogen-bond donors (Lipinski definition) is 2. The predicted octanol–water partition coefficient (Wildman–Crippen LogP) is 2.94. The zero-order valence-corrected chi connectivity index (χ0v) is 15.9. The summed E-state index contributed by atoms with van der Waals surface area (Å²) in [5, 5.41) is 5.91. The second kappa shape index (κ2) is 8.82. The quantitative estimate of drug-likeness (QED) is 0.756. The summed E-state index contributed by atoms with van der Waals surface area (Å²) in [6.45, 7) is 0.555. The van der Waals surface area contributed by atoms with E-state index in [2.05, 4.69) is 27.7 Å². The molecule has 1 unspecified atom stereocenters. The summed E-state index contributed by atoms with van der Waals surface area (Å²) in [6, 6.07) is 17.6. The summed E-state index contributed by atoms with van der Waals surface area (Å²) in [7, 11) is 4.04. The number of amides is 2. The first-order chi connectivity index (χ1) is 13.0. The fourth-order valence-electron chi connectivity index (χ4n) is 2.96. The number of hydrogen-bond acceptors (Lipinski definition) is 3. The van der Waals surface area contributed by atoms with Crippen molar-refractivity contribution in [3.05, 3.63) is 65.7 Å². The summed E-state index contributed by atoms with van der Waals surface area (Å²) in [4.78, 5) is 26.6. The van der Waals surface area contributed by atoms with Crippen molar-refractivity contribution >= 4 is 17.5 Å². The zero-order valence-electron chi connectivity index (χ0n) is 15.9. The van der Waals surface area contributed by atoms with Crippen molar-refractivity contribution in [2.24, 2.45) is 5.92 Å². The van der Waals surface area contributed by atoms with Gasteiger partial charge in [0.05, 0.1) is 0 Å². The molecular weight excluding hydrogens is 338 g/mol. The number of carbonyl (C=O) groups is 2. The number of rotatable bonds is 8. The van der Waals surface area contributed by atoms with Gasteiger partial charge in [-0.1, -0.05) is 36.4 Å². The number of nitrogens with one attached hydrogen (secondary N) is 2. The standard InChI is InChI=1S/C22H27N3O2/c1-25(2)20(13-16-7-4-3-5-8-16)15-23-21(26)18-9-6-10-19(14-18)24-22(27)17-11-12-17/h3-10,14,17,20H,11-13,15H2,1-2H3,(H,23,26)(H,24,27). The molecule has 5 heteroatoms. The van der Waals surface area contributed by atoms with E-state index in [1.807, 2.05) is 38.4 Å². The molecule has 0 heterocycles. The van der Waals surface area contributed by atoms with Crippen LogP contribution >= 0.6 is 0 Å². The molecule has 2 aromatic carbocycles. The van der Waals surface area contributed by atoms with E-state index in [4.69, 9.17) is 0 Å². The molecule has 5 nitrogen and oxygen atoms in total. The van der Waals surface area contributed by atoms with Crippen molar-refractivity contribution in [2.45, 2.75) is 25.3 Å². The molecule has 1 fully saturated rings. The second-order valence-electron chi connectivity index (χ2n) is 7.36. The van der Waals surface area contributed by atoms with Crippen LogP contribution in [-0.4, -0.2) is 43.4 Å². The van der Waals surface area contributed by atoms with Gasteiger partial charge in [0.2, 0.25) is 5.91 Å². The Morgan fingerprint density at radius 3 is 2.48 bits per heavy atom. The van der Waals surface area contributed by atoms with E-state index in [1.165, 1.54) is 5.56 Å². The molecule has 1 aliphatic carbocycles. The van der Waals surface area contributed by atoms with E-state index in [0.717, 1.165) is 19.3 Å². The molecule has 142 valence electrons. The van der Waals surface area contributed by atoms with E-state index < -0.39 is 0 Å². The van der Waals surface area contributed by atoms with Crippen LogP contribution in [-0.2, 0) is 11.2 Å². The van der Waals surface area contributed by atoms with Crippen molar-refractivity contribution in [3.8, 4) is 0 Å². The molecule has 1 aliphatic rings. The third kappa shape index (κ3) is 5.66. The van der Waals surface area contributed by atoms with Gasteiger partial charge in [0.15, 0.2) is 0 Å². The maximum atomic E-state index is 12.6. The minimum absolute atomic E-state index is 0.0445. The molecule has 0 bridgehead atoms. The Labute approximate surface area is 160 Å². The van der Waals surface area contributed by atoms with Crippen molar-refractivity contribution in [2.75, 3.05) is 26.0 Å². The lowest BCUT2D eigenvalue weighted by Crippen LogP contribution is -2.41. The number of carbonyl (C=O) groups excluding carboxylic acids is 2. The molecule has 2 N–H and O–H groups in total. The highest BCUT2D eigenvalue weighted by Crippen LogP contribution is 2.30. The van der Waals surface area contributed by atoms with Crippen LogP contribution in [0.4, 0.5) is 5.69 Å². The van der Waals surface area contributed by atoms with Gasteiger partial charge in [0, 0.05) is 29.8 Å². The molecule has 2 aromatic rings. The molecule has 1 atom stereocenters. The first-order valence-electron chi connectivity index (χ1n) is 9.42. The van der Waals surface area contributed by atoms with Crippen LogP contribution in [0.25, 0.3) is 0 Å². The monoisotopic (exact) mass is 365 g/mol. The molecule has 0 aromatic heterocycles. The summed E-state index contributed by atoms with van der Waals surface area (Å²) < 4.78 is 0. The van der Waals surface area contributed by atoms with E-state index in [1.54, 1.807) is 18.2 Å². The molecule has 0 spiro atoms. The van der Waals surface area contributed by atoms with Crippen LogP contribution in [0, 0.1) is 5.92 Å². The van der Waals surface area contributed by atoms with Gasteiger partial charge in [-0.2, -0.15) is 0 Å². The van der Waals surface area contributed by atoms with Crippen molar-refractivity contribution < 1.29 is 9.59 Å². The third-order valence-electron chi connectivity index (χ3n) is 4.88. The Morgan fingerprint density at radius 2 is 1.81 bits per heavy atom. The summed E-state index contributed by atoms with van der Waals surface area (Å²) >= 11 is 0. The molecule has 3 rings (SSSR count). The van der Waals surface area contributed by atoms with Gasteiger partial charge in [-0.15, -0.1) is 0 Å². The van der Waals surface area contributed by atoms with Crippen molar-refractivity contribution in [3.63, 3.8) is 0 Å². The molecule has 27 heavy (non-hydrogen) atoms. The van der Waals surface area contributed by atoms with E-state index >= 15 is 0 Å². The van der Waals surface area contributed by atoms with Crippen LogP contribution in [0.2, 0.25) is 0 Å². The molecular formula is C22H27N3O2. The minimum atomic E-state index is -0.127. The van der Waals surface area contributed by atoms with Crippen LogP contribution in [0.1, 0.15) is 28.8 Å². The molecule has 0 aliphatic heterocycles. The van der Waals surface area contributed by atoms with Crippen molar-refractivity contribution in [1.82, 2.24) is 10.2 Å². The summed E-state index contributed by atoms with van der Waals surface area (Å²) in [5.74, 6) is 0.0573. The van der Waals surface area contributed by atoms with Gasteiger partial charge in [0.25, 0.3) is 5.91 Å². The van der Waals surface area contributed by atoms with E-state index in [-0.39, 0.29) is 23.8 Å². The number of likely N-dealkylation sites (N-methyl/N-ethyl adjacent to an activating group) is 1. The zero-order chi connectivity index (χ0) is 19.2. The number of nitrogens with zero attached hydrogens (tertiary/aromatic N) is 1. The van der Waals surface area contributed by atoms with Crippen molar-refractivity contribution in [1.29, 1.82) is 0 Å². The normalized spacial score (nSPS) is 14.6. The van der Waals surface area contributed by atoms with E-state index in [0.29, 0.717) is 17.8 Å². The number of anilines is 1. The lowest BCUT2D eigenvalue weighted by Gasteiger charge is -2.25. The largest absolute Gasteiger partial charge is 0.350 e. The van der Waals surface area contributed by atoms with Gasteiger partial charge in [-0.3, -0.25) is 9.59 Å². The summed E-state index contributed by atoms with van der Waals surface area (Å²) in [5.41, 5.74) is 2.48.